The van der Waals surface area contributed by atoms with Crippen molar-refractivity contribution in [2.24, 2.45) is 0 Å². The highest BCUT2D eigenvalue weighted by Gasteiger charge is 2.27. The van der Waals surface area contributed by atoms with Crippen molar-refractivity contribution in [3.63, 3.8) is 0 Å². The fraction of sp³-hybridized carbons (Fsp3) is 0.556. The van der Waals surface area contributed by atoms with E-state index in [-0.39, 0.29) is 6.61 Å². The molecule has 0 bridgehead atoms. The summed E-state index contributed by atoms with van der Waals surface area (Å²) < 4.78 is 40.2. The van der Waals surface area contributed by atoms with Crippen molar-refractivity contribution in [2.45, 2.75) is 12.7 Å². The molecule has 0 radical (unpaired) electrons. The topological polar surface area (TPSA) is 21.3 Å². The molecule has 1 aromatic rings. The van der Waals surface area contributed by atoms with E-state index in [1.165, 1.54) is 11.3 Å². The van der Waals surface area contributed by atoms with Gasteiger partial charge in [0.1, 0.15) is 6.61 Å². The van der Waals surface area contributed by atoms with Crippen molar-refractivity contribution in [1.82, 2.24) is 5.32 Å². The predicted molar refractivity (Wildman–Crippen MR) is 57.9 cm³/mol. The Morgan fingerprint density at radius 3 is 2.69 bits per heavy atom. The van der Waals surface area contributed by atoms with Gasteiger partial charge in [-0.05, 0) is 12.1 Å². The second-order valence-electron chi connectivity index (χ2n) is 3.05. The number of hydrogen-bond donors (Lipinski definition) is 1. The Morgan fingerprint density at radius 2 is 2.12 bits per heavy atom. The third-order valence-corrected chi connectivity index (χ3v) is 2.85. The number of alkyl halides is 3. The van der Waals surface area contributed by atoms with Gasteiger partial charge in [0.2, 0.25) is 0 Å². The summed E-state index contributed by atoms with van der Waals surface area (Å²) in [4.78, 5) is 1.04. The van der Waals surface area contributed by atoms with Crippen LogP contribution in [0.5, 0.6) is 0 Å². The molecular formula is C9H11ClF3NOS. The van der Waals surface area contributed by atoms with Gasteiger partial charge in [-0.1, -0.05) is 11.6 Å². The number of thiophene rings is 1. The van der Waals surface area contributed by atoms with Crippen LogP contribution < -0.4 is 5.32 Å². The van der Waals surface area contributed by atoms with Crippen LogP contribution in [0.25, 0.3) is 0 Å². The summed E-state index contributed by atoms with van der Waals surface area (Å²) >= 11 is 7.15. The summed E-state index contributed by atoms with van der Waals surface area (Å²) in [5, 5.41) is 2.96. The van der Waals surface area contributed by atoms with Gasteiger partial charge < -0.3 is 10.1 Å². The molecule has 1 aromatic heterocycles. The molecule has 0 aliphatic heterocycles. The van der Waals surface area contributed by atoms with Crippen molar-refractivity contribution in [1.29, 1.82) is 0 Å². The van der Waals surface area contributed by atoms with Crippen molar-refractivity contribution in [2.75, 3.05) is 19.8 Å². The maximum atomic E-state index is 11.7. The van der Waals surface area contributed by atoms with Crippen molar-refractivity contribution < 1.29 is 17.9 Å². The summed E-state index contributed by atoms with van der Waals surface area (Å²) in [6, 6.07) is 3.65. The molecule has 0 aliphatic rings. The van der Waals surface area contributed by atoms with E-state index in [1.54, 1.807) is 6.07 Å². The van der Waals surface area contributed by atoms with E-state index in [9.17, 15) is 13.2 Å². The highest BCUT2D eigenvalue weighted by Crippen LogP contribution is 2.20. The van der Waals surface area contributed by atoms with Crippen LogP contribution in [0.1, 0.15) is 4.88 Å². The summed E-state index contributed by atoms with van der Waals surface area (Å²) in [7, 11) is 0. The van der Waals surface area contributed by atoms with Crippen molar-refractivity contribution in [3.8, 4) is 0 Å². The first-order chi connectivity index (χ1) is 7.47. The van der Waals surface area contributed by atoms with E-state index in [1.807, 2.05) is 6.07 Å². The molecule has 0 fully saturated rings. The van der Waals surface area contributed by atoms with Crippen LogP contribution in [0.4, 0.5) is 13.2 Å². The van der Waals surface area contributed by atoms with Gasteiger partial charge in [-0.2, -0.15) is 13.2 Å². The molecule has 92 valence electrons. The number of halogens is 4. The van der Waals surface area contributed by atoms with E-state index in [0.717, 1.165) is 4.88 Å². The van der Waals surface area contributed by atoms with Crippen LogP contribution in [0, 0.1) is 0 Å². The third kappa shape index (κ3) is 6.32. The van der Waals surface area contributed by atoms with Gasteiger partial charge in [0.15, 0.2) is 0 Å². The summed E-state index contributed by atoms with van der Waals surface area (Å²) in [6.07, 6.45) is -4.25. The Morgan fingerprint density at radius 1 is 1.38 bits per heavy atom. The third-order valence-electron chi connectivity index (χ3n) is 1.62. The molecular weight excluding hydrogens is 263 g/mol. The zero-order chi connectivity index (χ0) is 12.0. The monoisotopic (exact) mass is 273 g/mol. The molecule has 0 atom stereocenters. The Labute approximate surface area is 100 Å². The van der Waals surface area contributed by atoms with Crippen molar-refractivity contribution in [3.05, 3.63) is 21.3 Å². The first-order valence-corrected chi connectivity index (χ1v) is 5.76. The summed E-state index contributed by atoms with van der Waals surface area (Å²) in [5.74, 6) is 0. The van der Waals surface area contributed by atoms with Crippen LogP contribution in [-0.4, -0.2) is 25.9 Å². The SMILES string of the molecule is FC(F)(F)COCCNCc1ccc(Cl)s1. The molecule has 0 amide bonds. The highest BCUT2D eigenvalue weighted by molar-refractivity contribution is 7.16. The highest BCUT2D eigenvalue weighted by atomic mass is 35.5. The zero-order valence-electron chi connectivity index (χ0n) is 8.31. The molecule has 0 saturated carbocycles. The number of hydrogen-bond acceptors (Lipinski definition) is 3. The second kappa shape index (κ2) is 6.44. The molecule has 1 N–H and O–H groups in total. The van der Waals surface area contributed by atoms with E-state index >= 15 is 0 Å². The first kappa shape index (κ1) is 13.8. The molecule has 0 aromatic carbocycles. The zero-order valence-corrected chi connectivity index (χ0v) is 9.88. The molecule has 7 heteroatoms. The Balaban J connectivity index is 2.00. The molecule has 1 heterocycles. The lowest BCUT2D eigenvalue weighted by Gasteiger charge is -2.07. The lowest BCUT2D eigenvalue weighted by molar-refractivity contribution is -0.173. The number of rotatable bonds is 6. The molecule has 1 rings (SSSR count). The molecule has 0 aliphatic carbocycles. The minimum atomic E-state index is -4.25. The largest absolute Gasteiger partial charge is 0.411 e. The smallest absolute Gasteiger partial charge is 0.371 e. The van der Waals surface area contributed by atoms with Crippen LogP contribution in [0.3, 0.4) is 0 Å². The molecule has 16 heavy (non-hydrogen) atoms. The quantitative estimate of drug-likeness (QED) is 0.805. The van der Waals surface area contributed by atoms with E-state index in [0.29, 0.717) is 17.4 Å². The van der Waals surface area contributed by atoms with Gasteiger partial charge in [-0.25, -0.2) is 0 Å². The molecule has 0 spiro atoms. The summed E-state index contributed by atoms with van der Waals surface area (Å²) in [6.45, 7) is -0.184. The molecule has 0 saturated heterocycles. The average molecular weight is 274 g/mol. The Hall–Kier alpha value is -0.300. The minimum absolute atomic E-state index is 0.0403. The average Bonchev–Trinajstić information content (AvgIpc) is 2.56. The van der Waals surface area contributed by atoms with Gasteiger partial charge in [-0.15, -0.1) is 11.3 Å². The standard InChI is InChI=1S/C9H11ClF3NOS/c10-8-2-1-7(16-8)5-14-3-4-15-6-9(11,12)13/h1-2,14H,3-6H2. The van der Waals surface area contributed by atoms with Crippen LogP contribution in [0.15, 0.2) is 12.1 Å². The lowest BCUT2D eigenvalue weighted by atomic mass is 10.4. The van der Waals surface area contributed by atoms with Crippen molar-refractivity contribution >= 4 is 22.9 Å². The van der Waals surface area contributed by atoms with Gasteiger partial charge in [0.25, 0.3) is 0 Å². The van der Waals surface area contributed by atoms with E-state index < -0.39 is 12.8 Å². The Kier molecular flexibility index (Phi) is 5.54. The van der Waals surface area contributed by atoms with Gasteiger partial charge in [-0.3, -0.25) is 0 Å². The lowest BCUT2D eigenvalue weighted by Crippen LogP contribution is -2.23. The van der Waals surface area contributed by atoms with Gasteiger partial charge in [0.05, 0.1) is 10.9 Å². The normalized spacial score (nSPS) is 12.0. The number of ether oxygens (including phenoxy) is 1. The molecule has 2 nitrogen and oxygen atoms in total. The van der Waals surface area contributed by atoms with E-state index in [2.05, 4.69) is 10.1 Å². The van der Waals surface area contributed by atoms with Gasteiger partial charge >= 0.3 is 6.18 Å². The maximum Gasteiger partial charge on any atom is 0.411 e. The Bertz CT molecular complexity index is 316. The van der Waals surface area contributed by atoms with E-state index in [4.69, 9.17) is 11.6 Å². The first-order valence-electron chi connectivity index (χ1n) is 4.57. The number of nitrogens with one attached hydrogen (secondary N) is 1. The van der Waals surface area contributed by atoms with Crippen LogP contribution in [0.2, 0.25) is 4.34 Å². The predicted octanol–water partition coefficient (Wildman–Crippen LogP) is 3.07. The van der Waals surface area contributed by atoms with Crippen LogP contribution in [-0.2, 0) is 11.3 Å². The van der Waals surface area contributed by atoms with Crippen LogP contribution >= 0.6 is 22.9 Å². The summed E-state index contributed by atoms with van der Waals surface area (Å²) in [5.41, 5.74) is 0. The minimum Gasteiger partial charge on any atom is -0.371 e. The maximum absolute atomic E-state index is 11.7. The molecule has 0 unspecified atom stereocenters. The second-order valence-corrected chi connectivity index (χ2v) is 4.85. The fourth-order valence-corrected chi connectivity index (χ4v) is 2.05. The van der Waals surface area contributed by atoms with Gasteiger partial charge in [0, 0.05) is 18.0 Å². The fourth-order valence-electron chi connectivity index (χ4n) is 0.991.